The SMILES string of the molecule is Cc1ccc2c(c1)OC(C)(C)CC2NCCN(C)C. The molecule has 0 fully saturated rings. The highest BCUT2D eigenvalue weighted by Crippen LogP contribution is 2.39. The minimum Gasteiger partial charge on any atom is -0.487 e. The molecule has 0 aromatic heterocycles. The van der Waals surface area contributed by atoms with Crippen LogP contribution in [0, 0.1) is 6.92 Å². The van der Waals surface area contributed by atoms with Gasteiger partial charge in [0, 0.05) is 31.1 Å². The fourth-order valence-corrected chi connectivity index (χ4v) is 2.60. The molecule has 0 bridgehead atoms. The van der Waals surface area contributed by atoms with Crippen LogP contribution in [0.1, 0.15) is 37.4 Å². The summed E-state index contributed by atoms with van der Waals surface area (Å²) in [6, 6.07) is 6.91. The molecule has 0 radical (unpaired) electrons. The number of nitrogens with one attached hydrogen (secondary N) is 1. The lowest BCUT2D eigenvalue weighted by molar-refractivity contribution is 0.0657. The first-order valence-electron chi connectivity index (χ1n) is 7.05. The summed E-state index contributed by atoms with van der Waals surface area (Å²) in [6.07, 6.45) is 1.01. The van der Waals surface area contributed by atoms with E-state index in [9.17, 15) is 0 Å². The molecule has 1 aliphatic heterocycles. The Kier molecular flexibility index (Phi) is 4.16. The van der Waals surface area contributed by atoms with E-state index in [0.717, 1.165) is 25.3 Å². The molecule has 0 saturated carbocycles. The van der Waals surface area contributed by atoms with Crippen LogP contribution < -0.4 is 10.1 Å². The molecule has 106 valence electrons. The van der Waals surface area contributed by atoms with Gasteiger partial charge >= 0.3 is 0 Å². The van der Waals surface area contributed by atoms with Gasteiger partial charge in [-0.25, -0.2) is 0 Å². The Hall–Kier alpha value is -1.06. The van der Waals surface area contributed by atoms with E-state index in [0.29, 0.717) is 6.04 Å². The zero-order chi connectivity index (χ0) is 14.0. The third-order valence-electron chi connectivity index (χ3n) is 3.58. The van der Waals surface area contributed by atoms with Gasteiger partial charge in [0.05, 0.1) is 0 Å². The second-order valence-corrected chi connectivity index (χ2v) is 6.42. The Bertz CT molecular complexity index is 440. The third-order valence-corrected chi connectivity index (χ3v) is 3.58. The smallest absolute Gasteiger partial charge is 0.125 e. The maximum absolute atomic E-state index is 6.11. The highest BCUT2D eigenvalue weighted by molar-refractivity contribution is 5.41. The topological polar surface area (TPSA) is 24.5 Å². The number of nitrogens with zero attached hydrogens (tertiary/aromatic N) is 1. The van der Waals surface area contributed by atoms with E-state index >= 15 is 0 Å². The van der Waals surface area contributed by atoms with E-state index in [1.807, 2.05) is 0 Å². The lowest BCUT2D eigenvalue weighted by Gasteiger charge is -2.38. The number of hydrogen-bond acceptors (Lipinski definition) is 3. The summed E-state index contributed by atoms with van der Waals surface area (Å²) >= 11 is 0. The van der Waals surface area contributed by atoms with E-state index in [1.54, 1.807) is 0 Å². The Morgan fingerprint density at radius 1 is 1.37 bits per heavy atom. The second-order valence-electron chi connectivity index (χ2n) is 6.42. The number of aryl methyl sites for hydroxylation is 1. The van der Waals surface area contributed by atoms with Gasteiger partial charge < -0.3 is 15.0 Å². The van der Waals surface area contributed by atoms with Crippen LogP contribution in [-0.4, -0.2) is 37.7 Å². The van der Waals surface area contributed by atoms with Crippen molar-refractivity contribution in [3.8, 4) is 5.75 Å². The fourth-order valence-electron chi connectivity index (χ4n) is 2.60. The van der Waals surface area contributed by atoms with Crippen molar-refractivity contribution in [1.29, 1.82) is 0 Å². The number of fused-ring (bicyclic) bond motifs is 1. The van der Waals surface area contributed by atoms with Crippen LogP contribution in [0.15, 0.2) is 18.2 Å². The molecule has 1 N–H and O–H groups in total. The molecule has 1 atom stereocenters. The highest BCUT2D eigenvalue weighted by Gasteiger charge is 2.33. The van der Waals surface area contributed by atoms with Crippen molar-refractivity contribution in [2.45, 2.75) is 38.8 Å². The van der Waals surface area contributed by atoms with E-state index in [2.05, 4.69) is 63.3 Å². The molecule has 3 heteroatoms. The number of ether oxygens (including phenoxy) is 1. The molecule has 0 saturated heterocycles. The fraction of sp³-hybridized carbons (Fsp3) is 0.625. The molecule has 3 nitrogen and oxygen atoms in total. The quantitative estimate of drug-likeness (QED) is 0.903. The first-order valence-corrected chi connectivity index (χ1v) is 7.05. The average Bonchev–Trinajstić information content (AvgIpc) is 2.26. The summed E-state index contributed by atoms with van der Waals surface area (Å²) in [5.74, 6) is 1.04. The molecule has 1 unspecified atom stereocenters. The summed E-state index contributed by atoms with van der Waals surface area (Å²) < 4.78 is 6.11. The Morgan fingerprint density at radius 2 is 2.11 bits per heavy atom. The van der Waals surface area contributed by atoms with Gasteiger partial charge in [0.1, 0.15) is 11.4 Å². The van der Waals surface area contributed by atoms with Gasteiger partial charge in [0.25, 0.3) is 0 Å². The maximum Gasteiger partial charge on any atom is 0.125 e. The molecular formula is C16H26N2O. The predicted octanol–water partition coefficient (Wildman–Crippen LogP) is 2.75. The summed E-state index contributed by atoms with van der Waals surface area (Å²) in [6.45, 7) is 8.50. The second kappa shape index (κ2) is 5.51. The summed E-state index contributed by atoms with van der Waals surface area (Å²) in [5.41, 5.74) is 2.45. The van der Waals surface area contributed by atoms with Crippen LogP contribution in [0.2, 0.25) is 0 Å². The van der Waals surface area contributed by atoms with Gasteiger partial charge in [-0.15, -0.1) is 0 Å². The highest BCUT2D eigenvalue weighted by atomic mass is 16.5. The van der Waals surface area contributed by atoms with Crippen molar-refractivity contribution in [3.63, 3.8) is 0 Å². The molecule has 2 rings (SSSR count). The molecule has 0 spiro atoms. The number of hydrogen-bond donors (Lipinski definition) is 1. The molecule has 0 aliphatic carbocycles. The Morgan fingerprint density at radius 3 is 2.79 bits per heavy atom. The van der Waals surface area contributed by atoms with Gasteiger partial charge in [-0.05, 0) is 46.5 Å². The van der Waals surface area contributed by atoms with Gasteiger partial charge in [-0.1, -0.05) is 12.1 Å². The number of benzene rings is 1. The minimum atomic E-state index is -0.101. The van der Waals surface area contributed by atoms with Crippen LogP contribution in [0.5, 0.6) is 5.75 Å². The van der Waals surface area contributed by atoms with E-state index in [-0.39, 0.29) is 5.60 Å². The number of rotatable bonds is 4. The lowest BCUT2D eigenvalue weighted by atomic mass is 9.89. The summed E-state index contributed by atoms with van der Waals surface area (Å²) in [4.78, 5) is 2.20. The van der Waals surface area contributed by atoms with Crippen LogP contribution in [0.3, 0.4) is 0 Å². The van der Waals surface area contributed by atoms with Crippen molar-refractivity contribution in [3.05, 3.63) is 29.3 Å². The van der Waals surface area contributed by atoms with Gasteiger partial charge in [0.2, 0.25) is 0 Å². The average molecular weight is 262 g/mol. The Balaban J connectivity index is 2.15. The van der Waals surface area contributed by atoms with E-state index in [1.165, 1.54) is 11.1 Å². The van der Waals surface area contributed by atoms with Crippen molar-refractivity contribution in [2.75, 3.05) is 27.2 Å². The first kappa shape index (κ1) is 14.4. The van der Waals surface area contributed by atoms with Crippen LogP contribution in [0.25, 0.3) is 0 Å². The minimum absolute atomic E-state index is 0.101. The maximum atomic E-state index is 6.11. The molecule has 1 aromatic carbocycles. The standard InChI is InChI=1S/C16H26N2O/c1-12-6-7-13-14(17-8-9-18(4)5)11-16(2,3)19-15(13)10-12/h6-7,10,14,17H,8-9,11H2,1-5H3. The predicted molar refractivity (Wildman–Crippen MR) is 79.8 cm³/mol. The summed E-state index contributed by atoms with van der Waals surface area (Å²) in [7, 11) is 4.21. The van der Waals surface area contributed by atoms with Crippen molar-refractivity contribution in [1.82, 2.24) is 10.2 Å². The largest absolute Gasteiger partial charge is 0.487 e. The van der Waals surface area contributed by atoms with E-state index in [4.69, 9.17) is 4.74 Å². The molecule has 1 aliphatic rings. The van der Waals surface area contributed by atoms with Crippen molar-refractivity contribution < 1.29 is 4.74 Å². The van der Waals surface area contributed by atoms with Crippen LogP contribution >= 0.6 is 0 Å². The molecule has 1 aromatic rings. The first-order chi connectivity index (χ1) is 8.87. The summed E-state index contributed by atoms with van der Waals surface area (Å²) in [5, 5.41) is 3.66. The lowest BCUT2D eigenvalue weighted by Crippen LogP contribution is -2.41. The van der Waals surface area contributed by atoms with Crippen molar-refractivity contribution in [2.24, 2.45) is 0 Å². The normalized spacial score (nSPS) is 21.1. The van der Waals surface area contributed by atoms with Gasteiger partial charge in [-0.3, -0.25) is 0 Å². The van der Waals surface area contributed by atoms with Crippen molar-refractivity contribution >= 4 is 0 Å². The molecular weight excluding hydrogens is 236 g/mol. The van der Waals surface area contributed by atoms with Crippen LogP contribution in [0.4, 0.5) is 0 Å². The Labute approximate surface area is 116 Å². The monoisotopic (exact) mass is 262 g/mol. The number of likely N-dealkylation sites (N-methyl/N-ethyl adjacent to an activating group) is 1. The van der Waals surface area contributed by atoms with E-state index < -0.39 is 0 Å². The molecule has 0 amide bonds. The van der Waals surface area contributed by atoms with Crippen LogP contribution in [-0.2, 0) is 0 Å². The zero-order valence-electron chi connectivity index (χ0n) is 12.8. The molecule has 19 heavy (non-hydrogen) atoms. The third kappa shape index (κ3) is 3.71. The van der Waals surface area contributed by atoms with Gasteiger partial charge in [0.15, 0.2) is 0 Å². The van der Waals surface area contributed by atoms with Gasteiger partial charge in [-0.2, -0.15) is 0 Å². The molecule has 1 heterocycles. The zero-order valence-corrected chi connectivity index (χ0v) is 12.8.